The molecule has 0 aromatic carbocycles. The minimum absolute atomic E-state index is 0. The summed E-state index contributed by atoms with van der Waals surface area (Å²) in [5.74, 6) is 0.558. The molecule has 1 unspecified atom stereocenters. The highest BCUT2D eigenvalue weighted by atomic mass is 35.5. The number of halogens is 1. The molecule has 1 saturated heterocycles. The molecule has 6 nitrogen and oxygen atoms in total. The van der Waals surface area contributed by atoms with Crippen LogP contribution in [-0.2, 0) is 19.4 Å². The van der Waals surface area contributed by atoms with Crippen molar-refractivity contribution in [2.24, 2.45) is 5.92 Å². The van der Waals surface area contributed by atoms with Gasteiger partial charge in [0.2, 0.25) is 0 Å². The smallest absolute Gasteiger partial charge is 0.274 e. The van der Waals surface area contributed by atoms with E-state index in [1.165, 1.54) is 0 Å². The van der Waals surface area contributed by atoms with Crippen molar-refractivity contribution < 1.29 is 4.79 Å². The van der Waals surface area contributed by atoms with Crippen LogP contribution >= 0.6 is 12.4 Å². The van der Waals surface area contributed by atoms with Crippen molar-refractivity contribution >= 4 is 18.3 Å². The van der Waals surface area contributed by atoms with Crippen molar-refractivity contribution in [3.63, 3.8) is 0 Å². The van der Waals surface area contributed by atoms with Crippen LogP contribution in [0.2, 0.25) is 0 Å². The summed E-state index contributed by atoms with van der Waals surface area (Å²) in [6.07, 6.45) is 7.79. The fourth-order valence-corrected chi connectivity index (χ4v) is 3.76. The van der Waals surface area contributed by atoms with Crippen LogP contribution in [0.15, 0.2) is 24.5 Å². The summed E-state index contributed by atoms with van der Waals surface area (Å²) in [6, 6.07) is 3.94. The van der Waals surface area contributed by atoms with E-state index in [0.29, 0.717) is 18.2 Å². The van der Waals surface area contributed by atoms with E-state index in [1.807, 2.05) is 23.2 Å². The molecule has 0 spiro atoms. The van der Waals surface area contributed by atoms with Crippen molar-refractivity contribution in [1.29, 1.82) is 0 Å². The van der Waals surface area contributed by atoms with Gasteiger partial charge in [-0.1, -0.05) is 6.07 Å². The van der Waals surface area contributed by atoms with E-state index in [0.717, 1.165) is 62.1 Å². The van der Waals surface area contributed by atoms with Gasteiger partial charge in [-0.15, -0.1) is 12.4 Å². The maximum Gasteiger partial charge on any atom is 0.274 e. The van der Waals surface area contributed by atoms with E-state index in [4.69, 9.17) is 0 Å². The Morgan fingerprint density at radius 2 is 2.28 bits per heavy atom. The van der Waals surface area contributed by atoms with Crippen LogP contribution in [0.1, 0.15) is 40.2 Å². The molecule has 7 heteroatoms. The number of hydrogen-bond acceptors (Lipinski definition) is 4. The Morgan fingerprint density at radius 1 is 1.36 bits per heavy atom. The standard InChI is InChI=1S/C18H23N5O.ClH/c24-18(17-15-4-1-5-16(15)21-22-17)23(12-14-6-8-20-10-14)11-13-3-2-7-19-9-13;/h2-3,7,9,14,20H,1,4-6,8,10-12H2,(H,21,22);1H. The average Bonchev–Trinajstić information content (AvgIpc) is 3.32. The van der Waals surface area contributed by atoms with Crippen molar-refractivity contribution in [3.05, 3.63) is 47.0 Å². The van der Waals surface area contributed by atoms with Crippen LogP contribution in [0, 0.1) is 5.92 Å². The van der Waals surface area contributed by atoms with Gasteiger partial charge in [0.15, 0.2) is 5.69 Å². The predicted molar refractivity (Wildman–Crippen MR) is 97.8 cm³/mol. The molecule has 1 atom stereocenters. The molecular formula is C18H24ClN5O. The normalized spacial score (nSPS) is 18.6. The van der Waals surface area contributed by atoms with Crippen molar-refractivity contribution in [1.82, 2.24) is 25.4 Å². The van der Waals surface area contributed by atoms with E-state index < -0.39 is 0 Å². The first kappa shape index (κ1) is 17.9. The molecule has 25 heavy (non-hydrogen) atoms. The fourth-order valence-electron chi connectivity index (χ4n) is 3.76. The third-order valence-electron chi connectivity index (χ3n) is 5.03. The minimum Gasteiger partial charge on any atom is -0.333 e. The number of nitrogens with zero attached hydrogens (tertiary/aromatic N) is 3. The number of fused-ring (bicyclic) bond motifs is 1. The summed E-state index contributed by atoms with van der Waals surface area (Å²) in [5.41, 5.74) is 3.95. The number of rotatable bonds is 5. The number of H-pyrrole nitrogens is 1. The quantitative estimate of drug-likeness (QED) is 0.853. The SMILES string of the molecule is Cl.O=C(c1n[nH]c2c1CCC2)N(Cc1cccnc1)CC1CCNC1. The van der Waals surface area contributed by atoms with Crippen molar-refractivity contribution in [2.75, 3.05) is 19.6 Å². The first-order valence-corrected chi connectivity index (χ1v) is 8.76. The second kappa shape index (κ2) is 7.97. The van der Waals surface area contributed by atoms with Crippen LogP contribution in [0.3, 0.4) is 0 Å². The number of hydrogen-bond donors (Lipinski definition) is 2. The molecule has 2 aromatic rings. The highest BCUT2D eigenvalue weighted by Crippen LogP contribution is 2.25. The highest BCUT2D eigenvalue weighted by Gasteiger charge is 2.28. The van der Waals surface area contributed by atoms with Gasteiger partial charge in [0, 0.05) is 36.7 Å². The lowest BCUT2D eigenvalue weighted by Gasteiger charge is -2.25. The van der Waals surface area contributed by atoms with Gasteiger partial charge in [0.05, 0.1) is 0 Å². The zero-order valence-electron chi connectivity index (χ0n) is 14.2. The monoisotopic (exact) mass is 361 g/mol. The van der Waals surface area contributed by atoms with Crippen LogP contribution in [0.25, 0.3) is 0 Å². The van der Waals surface area contributed by atoms with E-state index >= 15 is 0 Å². The van der Waals surface area contributed by atoms with Gasteiger partial charge in [-0.3, -0.25) is 14.9 Å². The summed E-state index contributed by atoms with van der Waals surface area (Å²) in [6.45, 7) is 3.38. The Bertz CT molecular complexity index is 712. The number of carbonyl (C=O) groups is 1. The topological polar surface area (TPSA) is 73.9 Å². The molecule has 0 bridgehead atoms. The maximum atomic E-state index is 13.2. The first-order chi connectivity index (χ1) is 11.8. The number of amides is 1. The summed E-state index contributed by atoms with van der Waals surface area (Å²) in [5, 5.41) is 10.8. The zero-order valence-corrected chi connectivity index (χ0v) is 15.0. The lowest BCUT2D eigenvalue weighted by molar-refractivity contribution is 0.0711. The van der Waals surface area contributed by atoms with Gasteiger partial charge in [-0.25, -0.2) is 0 Å². The molecular weight excluding hydrogens is 338 g/mol. The lowest BCUT2D eigenvalue weighted by Crippen LogP contribution is -2.36. The van der Waals surface area contributed by atoms with Crippen molar-refractivity contribution in [2.45, 2.75) is 32.2 Å². The van der Waals surface area contributed by atoms with E-state index in [9.17, 15) is 4.79 Å². The minimum atomic E-state index is 0. The molecule has 2 aliphatic rings. The number of aryl methyl sites for hydroxylation is 1. The number of pyridine rings is 1. The Kier molecular flexibility index (Phi) is 5.71. The summed E-state index contributed by atoms with van der Waals surface area (Å²) in [4.78, 5) is 19.3. The van der Waals surface area contributed by atoms with Crippen molar-refractivity contribution in [3.8, 4) is 0 Å². The Morgan fingerprint density at radius 3 is 3.04 bits per heavy atom. The Balaban J connectivity index is 0.00000182. The van der Waals surface area contributed by atoms with Gasteiger partial charge in [-0.2, -0.15) is 5.10 Å². The Hall–Kier alpha value is -1.92. The third-order valence-corrected chi connectivity index (χ3v) is 5.03. The largest absolute Gasteiger partial charge is 0.333 e. The van der Waals surface area contributed by atoms with Gasteiger partial charge >= 0.3 is 0 Å². The van der Waals surface area contributed by atoms with Gasteiger partial charge in [0.1, 0.15) is 0 Å². The van der Waals surface area contributed by atoms with Gasteiger partial charge in [0.25, 0.3) is 5.91 Å². The highest BCUT2D eigenvalue weighted by molar-refractivity contribution is 5.94. The molecule has 3 heterocycles. The molecule has 4 rings (SSSR count). The molecule has 0 radical (unpaired) electrons. The lowest BCUT2D eigenvalue weighted by atomic mass is 10.1. The van der Waals surface area contributed by atoms with E-state index in [1.54, 1.807) is 6.20 Å². The third kappa shape index (κ3) is 3.85. The Labute approximate surface area is 153 Å². The van der Waals surface area contributed by atoms with Crippen LogP contribution in [0.4, 0.5) is 0 Å². The molecule has 2 N–H and O–H groups in total. The zero-order chi connectivity index (χ0) is 16.4. The first-order valence-electron chi connectivity index (χ1n) is 8.76. The van der Waals surface area contributed by atoms with Crippen LogP contribution in [-0.4, -0.2) is 45.6 Å². The summed E-state index contributed by atoms with van der Waals surface area (Å²) >= 11 is 0. The second-order valence-electron chi connectivity index (χ2n) is 6.79. The number of carbonyl (C=O) groups excluding carboxylic acids is 1. The number of aromatic amines is 1. The molecule has 134 valence electrons. The average molecular weight is 362 g/mol. The summed E-state index contributed by atoms with van der Waals surface area (Å²) in [7, 11) is 0. The predicted octanol–water partition coefficient (Wildman–Crippen LogP) is 1.97. The molecule has 1 aliphatic heterocycles. The molecule has 0 saturated carbocycles. The summed E-state index contributed by atoms with van der Waals surface area (Å²) < 4.78 is 0. The van der Waals surface area contributed by atoms with Crippen LogP contribution < -0.4 is 5.32 Å². The molecule has 2 aromatic heterocycles. The molecule has 1 fully saturated rings. The molecule has 1 aliphatic carbocycles. The van der Waals surface area contributed by atoms with Gasteiger partial charge in [-0.05, 0) is 56.3 Å². The second-order valence-corrected chi connectivity index (χ2v) is 6.79. The fraction of sp³-hybridized carbons (Fsp3) is 0.500. The number of nitrogens with one attached hydrogen (secondary N) is 2. The van der Waals surface area contributed by atoms with Gasteiger partial charge < -0.3 is 10.2 Å². The van der Waals surface area contributed by atoms with E-state index in [2.05, 4.69) is 20.5 Å². The number of aromatic nitrogens is 3. The van der Waals surface area contributed by atoms with E-state index in [-0.39, 0.29) is 18.3 Å². The molecule has 1 amide bonds. The maximum absolute atomic E-state index is 13.2. The van der Waals surface area contributed by atoms with Crippen LogP contribution in [0.5, 0.6) is 0 Å².